The molecule has 2 amide bonds. The molecule has 0 aliphatic heterocycles. The van der Waals surface area contributed by atoms with E-state index in [0.717, 1.165) is 0 Å². The van der Waals surface area contributed by atoms with Crippen molar-refractivity contribution in [3.05, 3.63) is 60.2 Å². The van der Waals surface area contributed by atoms with Crippen LogP contribution < -0.4 is 10.6 Å². The molecule has 0 aliphatic rings. The summed E-state index contributed by atoms with van der Waals surface area (Å²) in [5.74, 6) is -0.355. The van der Waals surface area contributed by atoms with Crippen molar-refractivity contribution in [2.45, 2.75) is 19.9 Å². The van der Waals surface area contributed by atoms with Crippen LogP contribution in [0.1, 0.15) is 34.8 Å². The molecule has 0 aromatic carbocycles. The predicted molar refractivity (Wildman–Crippen MR) is 86.9 cm³/mol. The minimum absolute atomic E-state index is 0.159. The summed E-state index contributed by atoms with van der Waals surface area (Å²) in [5, 5.41) is 5.70. The molecule has 2 aromatic heterocycles. The van der Waals surface area contributed by atoms with Crippen molar-refractivity contribution in [3.8, 4) is 0 Å². The van der Waals surface area contributed by atoms with Gasteiger partial charge in [-0.1, -0.05) is 26.0 Å². The van der Waals surface area contributed by atoms with Crippen molar-refractivity contribution >= 4 is 11.8 Å². The highest BCUT2D eigenvalue weighted by Gasteiger charge is 2.19. The van der Waals surface area contributed by atoms with E-state index < -0.39 is 0 Å². The van der Waals surface area contributed by atoms with Gasteiger partial charge < -0.3 is 10.6 Å². The van der Waals surface area contributed by atoms with Gasteiger partial charge in [-0.2, -0.15) is 0 Å². The van der Waals surface area contributed by atoms with Gasteiger partial charge in [-0.3, -0.25) is 19.6 Å². The van der Waals surface area contributed by atoms with Gasteiger partial charge in [0, 0.05) is 25.0 Å². The maximum Gasteiger partial charge on any atom is 0.270 e. The van der Waals surface area contributed by atoms with Gasteiger partial charge in [0.2, 0.25) is 0 Å². The van der Waals surface area contributed by atoms with Crippen LogP contribution in [-0.2, 0) is 0 Å². The smallest absolute Gasteiger partial charge is 0.270 e. The predicted octanol–water partition coefficient (Wildman–Crippen LogP) is 1.66. The van der Waals surface area contributed by atoms with Crippen molar-refractivity contribution in [2.75, 3.05) is 6.54 Å². The summed E-state index contributed by atoms with van der Waals surface area (Å²) in [6.07, 6.45) is 3.14. The van der Waals surface area contributed by atoms with Gasteiger partial charge >= 0.3 is 0 Å². The van der Waals surface area contributed by atoms with Gasteiger partial charge in [0.25, 0.3) is 11.8 Å². The Bertz CT molecular complexity index is 644. The highest BCUT2D eigenvalue weighted by Crippen LogP contribution is 2.03. The number of aromatic nitrogens is 2. The molecule has 0 spiro atoms. The summed E-state index contributed by atoms with van der Waals surface area (Å²) in [4.78, 5) is 32.2. The molecule has 1 atom stereocenters. The molecule has 2 rings (SSSR count). The lowest BCUT2D eigenvalue weighted by molar-refractivity contribution is 0.0892. The quantitative estimate of drug-likeness (QED) is 0.849. The number of hydrogen-bond donors (Lipinski definition) is 2. The van der Waals surface area contributed by atoms with E-state index in [-0.39, 0.29) is 23.8 Å². The Labute approximate surface area is 135 Å². The first-order valence-electron chi connectivity index (χ1n) is 7.49. The van der Waals surface area contributed by atoms with Crippen molar-refractivity contribution in [2.24, 2.45) is 5.92 Å². The van der Waals surface area contributed by atoms with Crippen LogP contribution in [0.3, 0.4) is 0 Å². The zero-order valence-corrected chi connectivity index (χ0v) is 13.2. The Hall–Kier alpha value is -2.76. The third kappa shape index (κ3) is 4.88. The molecule has 2 heterocycles. The lowest BCUT2D eigenvalue weighted by Gasteiger charge is -2.22. The number of rotatable bonds is 6. The molecule has 23 heavy (non-hydrogen) atoms. The first kappa shape index (κ1) is 16.6. The largest absolute Gasteiger partial charge is 0.349 e. The summed E-state index contributed by atoms with van der Waals surface area (Å²) in [5.41, 5.74) is 0.709. The maximum absolute atomic E-state index is 12.2. The van der Waals surface area contributed by atoms with E-state index in [0.29, 0.717) is 17.9 Å². The number of nitrogens with zero attached hydrogens (tertiary/aromatic N) is 2. The average Bonchev–Trinajstić information content (AvgIpc) is 2.59. The Morgan fingerprint density at radius 2 is 1.52 bits per heavy atom. The number of amides is 2. The normalized spacial score (nSPS) is 11.8. The van der Waals surface area contributed by atoms with Gasteiger partial charge in [0.15, 0.2) is 0 Å². The topological polar surface area (TPSA) is 84.0 Å². The molecule has 6 heteroatoms. The second-order valence-corrected chi connectivity index (χ2v) is 5.46. The van der Waals surface area contributed by atoms with Gasteiger partial charge in [-0.25, -0.2) is 0 Å². The van der Waals surface area contributed by atoms with Crippen molar-refractivity contribution in [3.63, 3.8) is 0 Å². The van der Waals surface area contributed by atoms with Crippen LogP contribution in [0.25, 0.3) is 0 Å². The van der Waals surface area contributed by atoms with Crippen molar-refractivity contribution in [1.82, 2.24) is 20.6 Å². The molecular weight excluding hydrogens is 292 g/mol. The highest BCUT2D eigenvalue weighted by atomic mass is 16.2. The first-order valence-corrected chi connectivity index (χ1v) is 7.49. The monoisotopic (exact) mass is 312 g/mol. The molecule has 2 N–H and O–H groups in total. The number of pyridine rings is 2. The van der Waals surface area contributed by atoms with E-state index in [9.17, 15) is 9.59 Å². The standard InChI is InChI=1S/C17H20N4O2/c1-12(2)15(21-17(23)14-8-4-6-10-19-14)11-20-16(22)13-7-3-5-9-18-13/h3-10,12,15H,11H2,1-2H3,(H,20,22)(H,21,23)/t15-/m0/s1. The molecule has 0 saturated carbocycles. The third-order valence-corrected chi connectivity index (χ3v) is 3.40. The number of carbonyl (C=O) groups is 2. The lowest BCUT2D eigenvalue weighted by Crippen LogP contribution is -2.46. The second kappa shape index (κ2) is 8.03. The lowest BCUT2D eigenvalue weighted by atomic mass is 10.0. The Balaban J connectivity index is 1.94. The molecule has 0 saturated heterocycles. The summed E-state index contributed by atoms with van der Waals surface area (Å²) >= 11 is 0. The van der Waals surface area contributed by atoms with E-state index in [1.807, 2.05) is 13.8 Å². The van der Waals surface area contributed by atoms with E-state index >= 15 is 0 Å². The summed E-state index contributed by atoms with van der Waals surface area (Å²) in [7, 11) is 0. The fourth-order valence-corrected chi connectivity index (χ4v) is 1.98. The average molecular weight is 312 g/mol. The Morgan fingerprint density at radius 3 is 2.00 bits per heavy atom. The van der Waals surface area contributed by atoms with Crippen LogP contribution in [0.5, 0.6) is 0 Å². The van der Waals surface area contributed by atoms with Crippen molar-refractivity contribution in [1.29, 1.82) is 0 Å². The fourth-order valence-electron chi connectivity index (χ4n) is 1.98. The Morgan fingerprint density at radius 1 is 0.957 bits per heavy atom. The van der Waals surface area contributed by atoms with Crippen LogP contribution in [0, 0.1) is 5.92 Å². The maximum atomic E-state index is 12.2. The molecule has 0 aliphatic carbocycles. The van der Waals surface area contributed by atoms with E-state index in [2.05, 4.69) is 20.6 Å². The molecular formula is C17H20N4O2. The van der Waals surface area contributed by atoms with Gasteiger partial charge in [-0.05, 0) is 30.2 Å². The molecule has 0 fully saturated rings. The van der Waals surface area contributed by atoms with Crippen LogP contribution >= 0.6 is 0 Å². The molecule has 120 valence electrons. The van der Waals surface area contributed by atoms with Crippen LogP contribution in [-0.4, -0.2) is 34.4 Å². The summed E-state index contributed by atoms with van der Waals surface area (Å²) in [6.45, 7) is 4.29. The summed E-state index contributed by atoms with van der Waals surface area (Å²) in [6, 6.07) is 10.1. The number of nitrogens with one attached hydrogen (secondary N) is 2. The minimum atomic E-state index is -0.261. The van der Waals surface area contributed by atoms with Gasteiger partial charge in [0.05, 0.1) is 0 Å². The van der Waals surface area contributed by atoms with Gasteiger partial charge in [-0.15, -0.1) is 0 Å². The van der Waals surface area contributed by atoms with E-state index in [1.165, 1.54) is 0 Å². The molecule has 2 aromatic rings. The molecule has 0 bridgehead atoms. The van der Waals surface area contributed by atoms with E-state index in [1.54, 1.807) is 48.8 Å². The summed E-state index contributed by atoms with van der Waals surface area (Å²) < 4.78 is 0. The Kier molecular flexibility index (Phi) is 5.80. The zero-order valence-electron chi connectivity index (χ0n) is 13.2. The number of hydrogen-bond acceptors (Lipinski definition) is 4. The van der Waals surface area contributed by atoms with Crippen molar-refractivity contribution < 1.29 is 9.59 Å². The van der Waals surface area contributed by atoms with Gasteiger partial charge in [0.1, 0.15) is 11.4 Å². The SMILES string of the molecule is CC(C)[C@H](CNC(=O)c1ccccn1)NC(=O)c1ccccn1. The third-order valence-electron chi connectivity index (χ3n) is 3.40. The van der Waals surface area contributed by atoms with Crippen LogP contribution in [0.4, 0.5) is 0 Å². The highest BCUT2D eigenvalue weighted by molar-refractivity contribution is 5.93. The second-order valence-electron chi connectivity index (χ2n) is 5.46. The van der Waals surface area contributed by atoms with E-state index in [4.69, 9.17) is 0 Å². The minimum Gasteiger partial charge on any atom is -0.349 e. The van der Waals surface area contributed by atoms with Crippen LogP contribution in [0.15, 0.2) is 48.8 Å². The zero-order chi connectivity index (χ0) is 16.7. The number of carbonyl (C=O) groups excluding carboxylic acids is 2. The fraction of sp³-hybridized carbons (Fsp3) is 0.294. The molecule has 6 nitrogen and oxygen atoms in total. The molecule has 0 radical (unpaired) electrons. The first-order chi connectivity index (χ1) is 11.1. The van der Waals surface area contributed by atoms with Crippen LogP contribution in [0.2, 0.25) is 0 Å². The molecule has 0 unspecified atom stereocenters.